The van der Waals surface area contributed by atoms with Gasteiger partial charge in [-0.25, -0.2) is 0 Å². The maximum atomic E-state index is 12.2. The molecule has 4 heteroatoms. The van der Waals surface area contributed by atoms with E-state index < -0.39 is 0 Å². The van der Waals surface area contributed by atoms with Crippen LogP contribution in [0, 0.1) is 0 Å². The zero-order valence-corrected chi connectivity index (χ0v) is 11.3. The van der Waals surface area contributed by atoms with E-state index in [0.29, 0.717) is 16.3 Å². The molecule has 98 valence electrons. The molecule has 0 aliphatic rings. The fraction of sp³-hybridized carbons (Fsp3) is 0. The van der Waals surface area contributed by atoms with Crippen molar-refractivity contribution >= 4 is 34.1 Å². The van der Waals surface area contributed by atoms with Crippen molar-refractivity contribution < 1.29 is 4.79 Å². The molecule has 1 amide bonds. The van der Waals surface area contributed by atoms with E-state index in [1.165, 1.54) is 0 Å². The lowest BCUT2D eigenvalue weighted by Crippen LogP contribution is -2.12. The Labute approximate surface area is 121 Å². The Kier molecular flexibility index (Phi) is 3.35. The number of rotatable bonds is 2. The van der Waals surface area contributed by atoms with Gasteiger partial charge >= 0.3 is 0 Å². The Morgan fingerprint density at radius 2 is 1.75 bits per heavy atom. The fourth-order valence-electron chi connectivity index (χ4n) is 2.00. The van der Waals surface area contributed by atoms with E-state index in [-0.39, 0.29) is 5.91 Å². The van der Waals surface area contributed by atoms with Crippen LogP contribution in [0.4, 0.5) is 5.69 Å². The predicted octanol–water partition coefficient (Wildman–Crippen LogP) is 4.14. The SMILES string of the molecule is O=C(Nc1cccc2cccnc12)c1ccc(Cl)cc1. The molecule has 3 rings (SSSR count). The third-order valence-corrected chi connectivity index (χ3v) is 3.24. The molecule has 0 bridgehead atoms. The molecule has 0 unspecified atom stereocenters. The molecule has 2 aromatic carbocycles. The Balaban J connectivity index is 1.93. The summed E-state index contributed by atoms with van der Waals surface area (Å²) < 4.78 is 0. The summed E-state index contributed by atoms with van der Waals surface area (Å²) in [4.78, 5) is 16.5. The third-order valence-electron chi connectivity index (χ3n) is 2.99. The van der Waals surface area contributed by atoms with Gasteiger partial charge in [0.1, 0.15) is 0 Å². The lowest BCUT2D eigenvalue weighted by Gasteiger charge is -2.08. The minimum Gasteiger partial charge on any atom is -0.320 e. The van der Waals surface area contributed by atoms with Gasteiger partial charge in [0.15, 0.2) is 0 Å². The molecule has 0 aliphatic carbocycles. The van der Waals surface area contributed by atoms with Crippen molar-refractivity contribution in [1.29, 1.82) is 0 Å². The minimum atomic E-state index is -0.181. The van der Waals surface area contributed by atoms with Crippen LogP contribution in [0.25, 0.3) is 10.9 Å². The first-order valence-electron chi connectivity index (χ1n) is 6.15. The number of nitrogens with zero attached hydrogens (tertiary/aromatic N) is 1. The summed E-state index contributed by atoms with van der Waals surface area (Å²) >= 11 is 5.81. The van der Waals surface area contributed by atoms with Gasteiger partial charge in [-0.15, -0.1) is 0 Å². The molecule has 3 nitrogen and oxygen atoms in total. The van der Waals surface area contributed by atoms with Crippen molar-refractivity contribution in [3.8, 4) is 0 Å². The molecule has 1 heterocycles. The van der Waals surface area contributed by atoms with Crippen molar-refractivity contribution in [2.75, 3.05) is 5.32 Å². The van der Waals surface area contributed by atoms with Crippen LogP contribution in [0.2, 0.25) is 5.02 Å². The number of anilines is 1. The largest absolute Gasteiger partial charge is 0.320 e. The van der Waals surface area contributed by atoms with Crippen molar-refractivity contribution in [1.82, 2.24) is 4.98 Å². The Bertz CT molecular complexity index is 764. The van der Waals surface area contributed by atoms with Crippen LogP contribution >= 0.6 is 11.6 Å². The van der Waals surface area contributed by atoms with Crippen LogP contribution in [-0.2, 0) is 0 Å². The predicted molar refractivity (Wildman–Crippen MR) is 81.1 cm³/mol. The highest BCUT2D eigenvalue weighted by atomic mass is 35.5. The van der Waals surface area contributed by atoms with Crippen LogP contribution in [-0.4, -0.2) is 10.9 Å². The summed E-state index contributed by atoms with van der Waals surface area (Å²) in [7, 11) is 0. The summed E-state index contributed by atoms with van der Waals surface area (Å²) in [6, 6.07) is 16.3. The Hall–Kier alpha value is -2.39. The van der Waals surface area contributed by atoms with Crippen LogP contribution in [0.15, 0.2) is 60.8 Å². The van der Waals surface area contributed by atoms with E-state index in [1.54, 1.807) is 30.5 Å². The summed E-state index contributed by atoms with van der Waals surface area (Å²) in [5, 5.41) is 4.47. The average molecular weight is 283 g/mol. The molecular formula is C16H11ClN2O. The van der Waals surface area contributed by atoms with Crippen molar-refractivity contribution in [2.24, 2.45) is 0 Å². The molecule has 3 aromatic rings. The number of aromatic nitrogens is 1. The van der Waals surface area contributed by atoms with Gasteiger partial charge in [-0.1, -0.05) is 29.8 Å². The maximum absolute atomic E-state index is 12.2. The van der Waals surface area contributed by atoms with Gasteiger partial charge in [0.2, 0.25) is 0 Å². The van der Waals surface area contributed by atoms with E-state index >= 15 is 0 Å². The van der Waals surface area contributed by atoms with E-state index in [2.05, 4.69) is 10.3 Å². The van der Waals surface area contributed by atoms with Gasteiger partial charge in [0.25, 0.3) is 5.91 Å². The summed E-state index contributed by atoms with van der Waals surface area (Å²) in [6.45, 7) is 0. The van der Waals surface area contributed by atoms with Gasteiger partial charge in [-0.2, -0.15) is 0 Å². The molecule has 0 saturated carbocycles. The normalized spacial score (nSPS) is 10.4. The highest BCUT2D eigenvalue weighted by Gasteiger charge is 2.08. The number of carbonyl (C=O) groups is 1. The smallest absolute Gasteiger partial charge is 0.255 e. The minimum absolute atomic E-state index is 0.181. The number of fused-ring (bicyclic) bond motifs is 1. The Morgan fingerprint density at radius 3 is 2.55 bits per heavy atom. The molecule has 0 aliphatic heterocycles. The van der Waals surface area contributed by atoms with Crippen molar-refractivity contribution in [3.63, 3.8) is 0 Å². The van der Waals surface area contributed by atoms with Crippen LogP contribution in [0.1, 0.15) is 10.4 Å². The molecule has 1 aromatic heterocycles. The van der Waals surface area contributed by atoms with Gasteiger partial charge in [0.05, 0.1) is 11.2 Å². The number of benzene rings is 2. The fourth-order valence-corrected chi connectivity index (χ4v) is 2.13. The van der Waals surface area contributed by atoms with Gasteiger partial charge in [-0.3, -0.25) is 9.78 Å². The first kappa shape index (κ1) is 12.6. The quantitative estimate of drug-likeness (QED) is 0.767. The monoisotopic (exact) mass is 282 g/mol. The number of para-hydroxylation sites is 1. The number of amides is 1. The molecular weight excluding hydrogens is 272 g/mol. The molecule has 0 radical (unpaired) electrons. The van der Waals surface area contributed by atoms with E-state index in [4.69, 9.17) is 11.6 Å². The van der Waals surface area contributed by atoms with Gasteiger partial charge < -0.3 is 5.32 Å². The number of halogens is 1. The standard InChI is InChI=1S/C16H11ClN2O/c17-13-8-6-12(7-9-13)16(20)19-14-5-1-3-11-4-2-10-18-15(11)14/h1-10H,(H,19,20). The first-order valence-corrected chi connectivity index (χ1v) is 6.52. The highest BCUT2D eigenvalue weighted by molar-refractivity contribution is 6.30. The summed E-state index contributed by atoms with van der Waals surface area (Å²) in [6.07, 6.45) is 1.71. The molecule has 20 heavy (non-hydrogen) atoms. The van der Waals surface area contributed by atoms with Crippen molar-refractivity contribution in [3.05, 3.63) is 71.4 Å². The zero-order valence-electron chi connectivity index (χ0n) is 10.5. The first-order chi connectivity index (χ1) is 9.74. The number of carbonyl (C=O) groups excluding carboxylic acids is 1. The molecule has 0 saturated heterocycles. The molecule has 1 N–H and O–H groups in total. The Morgan fingerprint density at radius 1 is 1.00 bits per heavy atom. The number of nitrogens with one attached hydrogen (secondary N) is 1. The number of hydrogen-bond donors (Lipinski definition) is 1. The van der Waals surface area contributed by atoms with E-state index in [9.17, 15) is 4.79 Å². The van der Waals surface area contributed by atoms with E-state index in [0.717, 1.165) is 10.9 Å². The summed E-state index contributed by atoms with van der Waals surface area (Å²) in [5.74, 6) is -0.181. The molecule has 0 atom stereocenters. The third kappa shape index (κ3) is 2.49. The molecule has 0 spiro atoms. The lowest BCUT2D eigenvalue weighted by atomic mass is 10.1. The van der Waals surface area contributed by atoms with Crippen LogP contribution in [0.3, 0.4) is 0 Å². The maximum Gasteiger partial charge on any atom is 0.255 e. The second-order valence-electron chi connectivity index (χ2n) is 4.34. The van der Waals surface area contributed by atoms with Gasteiger partial charge in [0, 0.05) is 22.2 Å². The highest BCUT2D eigenvalue weighted by Crippen LogP contribution is 2.21. The van der Waals surface area contributed by atoms with E-state index in [1.807, 2.05) is 30.3 Å². The zero-order chi connectivity index (χ0) is 13.9. The summed E-state index contributed by atoms with van der Waals surface area (Å²) in [5.41, 5.74) is 2.03. The second kappa shape index (κ2) is 5.31. The van der Waals surface area contributed by atoms with Crippen LogP contribution < -0.4 is 5.32 Å². The second-order valence-corrected chi connectivity index (χ2v) is 4.78. The molecule has 0 fully saturated rings. The van der Waals surface area contributed by atoms with Crippen LogP contribution in [0.5, 0.6) is 0 Å². The average Bonchev–Trinajstić information content (AvgIpc) is 2.48. The van der Waals surface area contributed by atoms with Gasteiger partial charge in [-0.05, 0) is 36.4 Å². The number of hydrogen-bond acceptors (Lipinski definition) is 2. The topological polar surface area (TPSA) is 42.0 Å². The lowest BCUT2D eigenvalue weighted by molar-refractivity contribution is 0.102. The number of pyridine rings is 1. The van der Waals surface area contributed by atoms with Crippen molar-refractivity contribution in [2.45, 2.75) is 0 Å².